The number of nitrogens with zero attached hydrogens (tertiary/aromatic N) is 8. The first-order valence-electron chi connectivity index (χ1n) is 12.7. The van der Waals surface area contributed by atoms with Crippen molar-refractivity contribution in [2.45, 2.75) is 49.1 Å². The van der Waals surface area contributed by atoms with Crippen molar-refractivity contribution < 1.29 is 106 Å². The molecule has 0 amide bonds. The summed E-state index contributed by atoms with van der Waals surface area (Å²) in [6.07, 6.45) is -6.70. The van der Waals surface area contributed by atoms with Crippen LogP contribution in [-0.4, -0.2) is 93.8 Å². The van der Waals surface area contributed by atoms with E-state index < -0.39 is 75.8 Å². The molecule has 7 rings (SSSR count). The standard InChI is InChI=1S/C20H22N10O10P2S2.2Na/c21-15-9-17(25-3-23-15)29(5-27-9)19-12(32)13-8(38-19)2-36-42(34,44)40-14-11(31)7(1-35-41(33,43)39-13)37-20(14)30-6-28-10-16(22)24-4-26-18(10)30;;/h3-8,11-14,19-20H,1-2H2,(H,33,43)(H,34,44)(H2,21,23,25)(H2,22,24,26);;/q-2;2*+1/t7-,8-,11?,12-,13-,14-,19-,20-,41?,42?;;/m1../s1. The summed E-state index contributed by atoms with van der Waals surface area (Å²) in [4.78, 5) is 35.4. The fourth-order valence-electron chi connectivity index (χ4n) is 5.19. The average molecular weight is 735 g/mol. The topological polar surface area (TPSA) is 278 Å². The van der Waals surface area contributed by atoms with Crippen molar-refractivity contribution in [1.29, 1.82) is 0 Å². The molecule has 20 nitrogen and oxygen atoms in total. The van der Waals surface area contributed by atoms with Gasteiger partial charge in [-0.2, -0.15) is 0 Å². The summed E-state index contributed by atoms with van der Waals surface area (Å²) in [5, 5.41) is 27.1. The van der Waals surface area contributed by atoms with Gasteiger partial charge >= 0.3 is 72.6 Å². The molecule has 0 radical (unpaired) electrons. The minimum Gasteiger partial charge on any atom is -0.848 e. The Kier molecular flexibility index (Phi) is 11.3. The number of nitrogens with two attached hydrogens (primary N) is 2. The summed E-state index contributed by atoms with van der Waals surface area (Å²) < 4.78 is 50.1. The normalized spacial score (nSPS) is 36.6. The second-order valence-corrected chi connectivity index (χ2v) is 15.6. The van der Waals surface area contributed by atoms with Crippen molar-refractivity contribution in [3.63, 3.8) is 0 Å². The number of aromatic nitrogens is 8. The van der Waals surface area contributed by atoms with E-state index in [-0.39, 0.29) is 93.1 Å². The van der Waals surface area contributed by atoms with Gasteiger partial charge in [0.1, 0.15) is 42.1 Å². The molecular formula is C20H22N10Na2O10P2S2. The van der Waals surface area contributed by atoms with Gasteiger partial charge in [0.15, 0.2) is 29.2 Å². The molecule has 3 saturated heterocycles. The maximum Gasteiger partial charge on any atom is 1.00 e. The van der Waals surface area contributed by atoms with Crippen LogP contribution in [0.2, 0.25) is 0 Å². The SMILES string of the molecule is Nc1ncnc2c1ncn2[C@@H]1O[C@@H]2COP(O)(=S)O[C@@H]3C([O-])[C@@H](COP(=O)(S)O[C@H]2[C@H]1[O-])O[C@H]3n1cnc2c(N)ncnc21.[Na+].[Na+]. The van der Waals surface area contributed by atoms with Gasteiger partial charge in [-0.15, -0.1) is 0 Å². The van der Waals surface area contributed by atoms with Gasteiger partial charge < -0.3 is 45.1 Å². The summed E-state index contributed by atoms with van der Waals surface area (Å²) in [5.74, 6) is 0.156. The quantitative estimate of drug-likeness (QED) is 0.0845. The van der Waals surface area contributed by atoms with Gasteiger partial charge in [-0.3, -0.25) is 18.2 Å². The van der Waals surface area contributed by atoms with Crippen LogP contribution in [0.1, 0.15) is 12.5 Å². The number of rotatable bonds is 2. The van der Waals surface area contributed by atoms with Crippen molar-refractivity contribution >= 4 is 71.5 Å². The van der Waals surface area contributed by atoms with E-state index in [1.54, 1.807) is 0 Å². The zero-order chi connectivity index (χ0) is 31.0. The second-order valence-electron chi connectivity index (χ2n) is 9.89. The van der Waals surface area contributed by atoms with Crippen LogP contribution in [0.15, 0.2) is 25.3 Å². The van der Waals surface area contributed by atoms with Crippen molar-refractivity contribution in [2.24, 2.45) is 0 Å². The fourth-order valence-corrected chi connectivity index (χ4v) is 8.08. The first-order chi connectivity index (χ1) is 20.9. The van der Waals surface area contributed by atoms with Crippen molar-refractivity contribution in [2.75, 3.05) is 24.7 Å². The molecule has 3 fully saturated rings. The summed E-state index contributed by atoms with van der Waals surface area (Å²) >= 11 is 9.26. The number of nitrogen functional groups attached to an aromatic ring is 2. The number of hydrogen-bond donors (Lipinski definition) is 4. The molecule has 2 bridgehead atoms. The van der Waals surface area contributed by atoms with E-state index >= 15 is 0 Å². The molecule has 0 aliphatic carbocycles. The van der Waals surface area contributed by atoms with Gasteiger partial charge in [0.2, 0.25) is 0 Å². The Bertz CT molecular complexity index is 1840. The Morgan fingerprint density at radius 3 is 1.98 bits per heavy atom. The molecule has 0 aromatic carbocycles. The Morgan fingerprint density at radius 1 is 0.826 bits per heavy atom. The van der Waals surface area contributed by atoms with Gasteiger partial charge in [-0.1, -0.05) is 18.4 Å². The molecule has 10 atom stereocenters. The predicted octanol–water partition coefficient (Wildman–Crippen LogP) is -7.84. The molecule has 3 aliphatic rings. The molecular weight excluding hydrogens is 712 g/mol. The molecule has 3 unspecified atom stereocenters. The summed E-state index contributed by atoms with van der Waals surface area (Å²) in [5.41, 5.74) is 12.6. The largest absolute Gasteiger partial charge is 1.00 e. The summed E-state index contributed by atoms with van der Waals surface area (Å²) in [6, 6.07) is 0. The Morgan fingerprint density at radius 2 is 1.37 bits per heavy atom. The first-order valence-corrected chi connectivity index (χ1v) is 18.0. The number of ether oxygens (including phenoxy) is 2. The Hall–Kier alpha value is -0.430. The molecule has 236 valence electrons. The molecule has 4 aromatic rings. The van der Waals surface area contributed by atoms with Crippen LogP contribution in [0.5, 0.6) is 0 Å². The van der Waals surface area contributed by atoms with E-state index in [9.17, 15) is 19.7 Å². The van der Waals surface area contributed by atoms with Crippen LogP contribution in [0.25, 0.3) is 22.3 Å². The number of anilines is 2. The molecule has 5 N–H and O–H groups in total. The minimum atomic E-state index is -4.34. The second kappa shape index (κ2) is 14.1. The third-order valence-corrected chi connectivity index (χ3v) is 10.4. The summed E-state index contributed by atoms with van der Waals surface area (Å²) in [7, 11) is 0. The van der Waals surface area contributed by atoms with Gasteiger partial charge in [0.05, 0.1) is 38.1 Å². The van der Waals surface area contributed by atoms with Crippen LogP contribution < -0.4 is 80.8 Å². The average Bonchev–Trinajstić information content (AvgIpc) is 3.73. The minimum absolute atomic E-state index is 0. The molecule has 0 saturated carbocycles. The van der Waals surface area contributed by atoms with Gasteiger partial charge in [-0.25, -0.2) is 34.5 Å². The Labute approximate surface area is 313 Å². The molecule has 7 heterocycles. The van der Waals surface area contributed by atoms with Crippen LogP contribution in [0, 0.1) is 0 Å². The maximum atomic E-state index is 13.6. The molecule has 4 aromatic heterocycles. The van der Waals surface area contributed by atoms with E-state index in [4.69, 9.17) is 50.8 Å². The van der Waals surface area contributed by atoms with Crippen molar-refractivity contribution in [3.05, 3.63) is 25.3 Å². The zero-order valence-corrected chi connectivity index (χ0v) is 31.4. The van der Waals surface area contributed by atoms with Crippen LogP contribution in [-0.2, 0) is 43.9 Å². The van der Waals surface area contributed by atoms with Gasteiger partial charge in [-0.05, 0) is 17.9 Å². The summed E-state index contributed by atoms with van der Waals surface area (Å²) in [6.45, 7) is -9.75. The molecule has 46 heavy (non-hydrogen) atoms. The van der Waals surface area contributed by atoms with E-state index in [2.05, 4.69) is 42.2 Å². The number of hydrogen-bond acceptors (Lipinski definition) is 18. The third kappa shape index (κ3) is 6.82. The molecule has 0 spiro atoms. The zero-order valence-electron chi connectivity index (χ0n) is 23.9. The van der Waals surface area contributed by atoms with E-state index in [0.29, 0.717) is 0 Å². The van der Waals surface area contributed by atoms with Crippen LogP contribution in [0.3, 0.4) is 0 Å². The number of fused-ring (bicyclic) bond motifs is 5. The van der Waals surface area contributed by atoms with E-state index in [1.165, 1.54) is 34.4 Å². The van der Waals surface area contributed by atoms with Crippen LogP contribution >= 0.6 is 25.8 Å². The van der Waals surface area contributed by atoms with Crippen LogP contribution in [0.4, 0.5) is 11.6 Å². The number of imidazole rings is 2. The predicted molar refractivity (Wildman–Crippen MR) is 150 cm³/mol. The first kappa shape index (κ1) is 36.8. The van der Waals surface area contributed by atoms with Gasteiger partial charge in [0, 0.05) is 0 Å². The number of thiol groups is 1. The Balaban J connectivity index is 0.00000208. The molecule has 3 aliphatic heterocycles. The van der Waals surface area contributed by atoms with Gasteiger partial charge in [0.25, 0.3) is 0 Å². The molecule has 26 heteroatoms. The van der Waals surface area contributed by atoms with Crippen molar-refractivity contribution in [1.82, 2.24) is 39.0 Å². The van der Waals surface area contributed by atoms with E-state index in [1.807, 2.05) is 0 Å². The third-order valence-electron chi connectivity index (χ3n) is 7.21. The van der Waals surface area contributed by atoms with Crippen molar-refractivity contribution in [3.8, 4) is 0 Å². The maximum absolute atomic E-state index is 13.6. The fraction of sp³-hybridized carbons (Fsp3) is 0.500. The smallest absolute Gasteiger partial charge is 0.848 e. The van der Waals surface area contributed by atoms with E-state index in [0.717, 1.165) is 0 Å². The monoisotopic (exact) mass is 734 g/mol.